The van der Waals surface area contributed by atoms with Gasteiger partial charge in [0.2, 0.25) is 0 Å². The number of aryl methyl sites for hydroxylation is 1. The topological polar surface area (TPSA) is 37.3 Å². The number of phenolic OH excluding ortho intramolecular Hbond substituents is 1. The minimum absolute atomic E-state index is 0.0605. The third kappa shape index (κ3) is 1.74. The van der Waals surface area contributed by atoms with Crippen LogP contribution in [0.2, 0.25) is 0 Å². The van der Waals surface area contributed by atoms with Crippen LogP contribution in [0.3, 0.4) is 0 Å². The third-order valence-corrected chi connectivity index (χ3v) is 6.72. The maximum atomic E-state index is 12.5. The summed E-state index contributed by atoms with van der Waals surface area (Å²) in [6.45, 7) is 4.51. The normalized spacial score (nSPS) is 41.3. The highest BCUT2D eigenvalue weighted by atomic mass is 16.3. The maximum absolute atomic E-state index is 12.5. The van der Waals surface area contributed by atoms with Crippen molar-refractivity contribution in [2.24, 2.45) is 23.2 Å². The van der Waals surface area contributed by atoms with Crippen molar-refractivity contribution in [3.63, 3.8) is 0 Å². The zero-order valence-corrected chi connectivity index (χ0v) is 12.9. The lowest BCUT2D eigenvalue weighted by Crippen LogP contribution is -2.43. The quantitative estimate of drug-likeness (QED) is 0.780. The minimum atomic E-state index is -0.0605. The Labute approximate surface area is 126 Å². The van der Waals surface area contributed by atoms with E-state index in [1.807, 2.05) is 12.1 Å². The number of benzene rings is 1. The number of Topliss-reactive ketones (excluding diaryl/α,β-unsaturated/α-hetero) is 1. The number of carbonyl (C=O) groups is 1. The first-order valence-electron chi connectivity index (χ1n) is 8.36. The second kappa shape index (κ2) is 4.34. The molecule has 0 unspecified atom stereocenters. The van der Waals surface area contributed by atoms with Crippen molar-refractivity contribution in [2.75, 3.05) is 0 Å². The van der Waals surface area contributed by atoms with E-state index < -0.39 is 0 Å². The number of phenols is 1. The minimum Gasteiger partial charge on any atom is -0.508 e. The number of aromatic hydroxyl groups is 1. The van der Waals surface area contributed by atoms with Gasteiger partial charge in [-0.3, -0.25) is 4.79 Å². The second-order valence-corrected chi connectivity index (χ2v) is 7.78. The molecule has 0 radical (unpaired) electrons. The lowest BCUT2D eigenvalue weighted by Gasteiger charge is -2.49. The average Bonchev–Trinajstić information content (AvgIpc) is 2.68. The molecule has 2 fully saturated rings. The molecule has 3 aliphatic rings. The molecule has 0 saturated heterocycles. The summed E-state index contributed by atoms with van der Waals surface area (Å²) in [5.41, 5.74) is 2.71. The number of fused-ring (bicyclic) bond motifs is 5. The maximum Gasteiger partial charge on any atom is 0.139 e. The SMILES string of the molecule is C[C@H]1CC(=O)[C@@]2(C)CC[C@@H]3c4ccc(O)cc4CC[C@H]3[C@H]12. The highest BCUT2D eigenvalue weighted by Gasteiger charge is 2.57. The highest BCUT2D eigenvalue weighted by molar-refractivity contribution is 5.87. The van der Waals surface area contributed by atoms with E-state index in [-0.39, 0.29) is 5.41 Å². The molecule has 2 heteroatoms. The van der Waals surface area contributed by atoms with Gasteiger partial charge in [-0.15, -0.1) is 0 Å². The number of hydrogen-bond acceptors (Lipinski definition) is 2. The Morgan fingerprint density at radius 1 is 1.29 bits per heavy atom. The monoisotopic (exact) mass is 284 g/mol. The van der Waals surface area contributed by atoms with E-state index in [0.29, 0.717) is 35.2 Å². The molecule has 0 spiro atoms. The van der Waals surface area contributed by atoms with Crippen LogP contribution in [0, 0.1) is 23.2 Å². The van der Waals surface area contributed by atoms with Gasteiger partial charge in [-0.1, -0.05) is 19.9 Å². The van der Waals surface area contributed by atoms with Gasteiger partial charge in [-0.2, -0.15) is 0 Å². The molecule has 2 nitrogen and oxygen atoms in total. The van der Waals surface area contributed by atoms with Gasteiger partial charge in [0.25, 0.3) is 0 Å². The molecule has 1 aromatic carbocycles. The third-order valence-electron chi connectivity index (χ3n) is 6.72. The van der Waals surface area contributed by atoms with Gasteiger partial charge in [0.05, 0.1) is 0 Å². The Hall–Kier alpha value is -1.31. The van der Waals surface area contributed by atoms with Gasteiger partial charge in [0, 0.05) is 11.8 Å². The van der Waals surface area contributed by atoms with Gasteiger partial charge >= 0.3 is 0 Å². The molecular formula is C19H24O2. The largest absolute Gasteiger partial charge is 0.508 e. The molecule has 3 aliphatic carbocycles. The average molecular weight is 284 g/mol. The summed E-state index contributed by atoms with van der Waals surface area (Å²) in [6, 6.07) is 5.91. The molecule has 0 amide bonds. The van der Waals surface area contributed by atoms with Crippen LogP contribution in [0.25, 0.3) is 0 Å². The van der Waals surface area contributed by atoms with E-state index in [9.17, 15) is 9.90 Å². The molecule has 0 bridgehead atoms. The molecule has 112 valence electrons. The zero-order chi connectivity index (χ0) is 14.8. The Kier molecular flexibility index (Phi) is 2.76. The van der Waals surface area contributed by atoms with Crippen molar-refractivity contribution in [1.29, 1.82) is 0 Å². The van der Waals surface area contributed by atoms with Crippen molar-refractivity contribution in [3.05, 3.63) is 29.3 Å². The van der Waals surface area contributed by atoms with E-state index >= 15 is 0 Å². The predicted molar refractivity (Wildman–Crippen MR) is 82.3 cm³/mol. The van der Waals surface area contributed by atoms with Crippen LogP contribution in [0.1, 0.15) is 56.6 Å². The van der Waals surface area contributed by atoms with Crippen molar-refractivity contribution >= 4 is 5.78 Å². The summed E-state index contributed by atoms with van der Waals surface area (Å²) in [4.78, 5) is 12.5. The van der Waals surface area contributed by atoms with Crippen molar-refractivity contribution in [1.82, 2.24) is 0 Å². The molecular weight excluding hydrogens is 260 g/mol. The van der Waals surface area contributed by atoms with E-state index in [1.54, 1.807) is 0 Å². The Bertz CT molecular complexity index is 606. The second-order valence-electron chi connectivity index (χ2n) is 7.78. The summed E-state index contributed by atoms with van der Waals surface area (Å²) < 4.78 is 0. The Morgan fingerprint density at radius 3 is 2.90 bits per heavy atom. The van der Waals surface area contributed by atoms with E-state index in [1.165, 1.54) is 17.5 Å². The van der Waals surface area contributed by atoms with Crippen molar-refractivity contribution < 1.29 is 9.90 Å². The molecule has 1 aromatic rings. The van der Waals surface area contributed by atoms with Crippen LogP contribution >= 0.6 is 0 Å². The molecule has 1 N–H and O–H groups in total. The smallest absolute Gasteiger partial charge is 0.139 e. The van der Waals surface area contributed by atoms with Gasteiger partial charge in [0.1, 0.15) is 11.5 Å². The summed E-state index contributed by atoms with van der Waals surface area (Å²) in [7, 11) is 0. The fourth-order valence-corrected chi connectivity index (χ4v) is 5.85. The number of carbonyl (C=O) groups excluding carboxylic acids is 1. The van der Waals surface area contributed by atoms with E-state index in [2.05, 4.69) is 19.9 Å². The van der Waals surface area contributed by atoms with Crippen molar-refractivity contribution in [2.45, 2.75) is 51.9 Å². The van der Waals surface area contributed by atoms with Gasteiger partial charge in [-0.05, 0) is 72.6 Å². The fraction of sp³-hybridized carbons (Fsp3) is 0.632. The van der Waals surface area contributed by atoms with E-state index in [0.717, 1.165) is 25.7 Å². The van der Waals surface area contributed by atoms with Crippen LogP contribution < -0.4 is 0 Å². The molecule has 21 heavy (non-hydrogen) atoms. The Balaban J connectivity index is 1.75. The molecule has 0 aliphatic heterocycles. The first-order valence-corrected chi connectivity index (χ1v) is 8.36. The highest BCUT2D eigenvalue weighted by Crippen LogP contribution is 2.61. The van der Waals surface area contributed by atoms with Crippen LogP contribution in [0.15, 0.2) is 18.2 Å². The van der Waals surface area contributed by atoms with Crippen LogP contribution in [0.4, 0.5) is 0 Å². The molecule has 5 atom stereocenters. The number of hydrogen-bond donors (Lipinski definition) is 1. The molecule has 0 heterocycles. The van der Waals surface area contributed by atoms with Crippen LogP contribution in [-0.2, 0) is 11.2 Å². The van der Waals surface area contributed by atoms with E-state index in [4.69, 9.17) is 0 Å². The van der Waals surface area contributed by atoms with Crippen molar-refractivity contribution in [3.8, 4) is 5.75 Å². The fourth-order valence-electron chi connectivity index (χ4n) is 5.85. The predicted octanol–water partition coefficient (Wildman–Crippen LogP) is 4.06. The van der Waals surface area contributed by atoms with Crippen LogP contribution in [-0.4, -0.2) is 10.9 Å². The van der Waals surface area contributed by atoms with Gasteiger partial charge in [-0.25, -0.2) is 0 Å². The lowest BCUT2D eigenvalue weighted by atomic mass is 9.54. The standard InChI is InChI=1S/C19H24O2/c1-11-9-17(21)19(2)8-7-15-14-6-4-13(20)10-12(14)3-5-16(15)18(11)19/h4,6,10-11,15-16,18,20H,3,5,7-9H2,1-2H3/t11-,15+,16+,18-,19+/m0/s1. The zero-order valence-electron chi connectivity index (χ0n) is 12.9. The lowest BCUT2D eigenvalue weighted by molar-refractivity contribution is -0.129. The van der Waals surface area contributed by atoms with Crippen LogP contribution in [0.5, 0.6) is 5.75 Å². The molecule has 0 aromatic heterocycles. The summed E-state index contributed by atoms with van der Waals surface area (Å²) in [5.74, 6) is 3.25. The number of rotatable bonds is 0. The summed E-state index contributed by atoms with van der Waals surface area (Å²) in [6.07, 6.45) is 5.19. The first-order chi connectivity index (χ1) is 10.0. The molecule has 4 rings (SSSR count). The Morgan fingerprint density at radius 2 is 2.10 bits per heavy atom. The summed E-state index contributed by atoms with van der Waals surface area (Å²) >= 11 is 0. The molecule has 2 saturated carbocycles. The van der Waals surface area contributed by atoms with Gasteiger partial charge < -0.3 is 5.11 Å². The number of ketones is 1. The van der Waals surface area contributed by atoms with Gasteiger partial charge in [0.15, 0.2) is 0 Å². The summed E-state index contributed by atoms with van der Waals surface area (Å²) in [5, 5.41) is 9.71. The first kappa shape index (κ1) is 13.4.